The molecule has 0 bridgehead atoms. The van der Waals surface area contributed by atoms with Gasteiger partial charge in [0.05, 0.1) is 0 Å². The maximum atomic E-state index is 13.0. The van der Waals surface area contributed by atoms with Gasteiger partial charge >= 0.3 is 11.9 Å². The number of carbonyl (C=O) groups excluding carboxylic acids is 2. The predicted molar refractivity (Wildman–Crippen MR) is 120 cm³/mol. The van der Waals surface area contributed by atoms with Crippen LogP contribution in [0.5, 0.6) is 11.5 Å². The summed E-state index contributed by atoms with van der Waals surface area (Å²) in [7, 11) is 0. The van der Waals surface area contributed by atoms with Crippen LogP contribution >= 0.6 is 0 Å². The van der Waals surface area contributed by atoms with Crippen LogP contribution in [0.2, 0.25) is 0 Å². The van der Waals surface area contributed by atoms with E-state index in [0.717, 1.165) is 28.7 Å². The summed E-state index contributed by atoms with van der Waals surface area (Å²) in [4.78, 5) is 24.4. The molecule has 2 rings (SSSR count). The second-order valence-corrected chi connectivity index (χ2v) is 8.81. The van der Waals surface area contributed by atoms with Gasteiger partial charge in [-0.15, -0.1) is 0 Å². The topological polar surface area (TPSA) is 52.6 Å². The van der Waals surface area contributed by atoms with E-state index < -0.39 is 11.9 Å². The van der Waals surface area contributed by atoms with Crippen LogP contribution in [0, 0.1) is 19.8 Å². The lowest BCUT2D eigenvalue weighted by Gasteiger charge is -2.31. The van der Waals surface area contributed by atoms with Crippen molar-refractivity contribution in [2.75, 3.05) is 0 Å². The van der Waals surface area contributed by atoms with E-state index in [9.17, 15) is 9.59 Å². The van der Waals surface area contributed by atoms with Crippen molar-refractivity contribution in [3.8, 4) is 11.5 Å². The molecule has 2 aromatic rings. The van der Waals surface area contributed by atoms with Crippen molar-refractivity contribution in [1.82, 2.24) is 0 Å². The van der Waals surface area contributed by atoms with Crippen molar-refractivity contribution in [2.45, 2.75) is 60.3 Å². The highest BCUT2D eigenvalue weighted by molar-refractivity contribution is 5.95. The summed E-state index contributed by atoms with van der Waals surface area (Å²) < 4.78 is 11.1. The van der Waals surface area contributed by atoms with Crippen LogP contribution in [0.15, 0.2) is 48.6 Å². The number of hydrogen-bond donors (Lipinski definition) is 0. The first-order valence-electron chi connectivity index (χ1n) is 10.2. The van der Waals surface area contributed by atoms with Crippen LogP contribution in [0.4, 0.5) is 0 Å². The summed E-state index contributed by atoms with van der Waals surface area (Å²) in [5, 5.41) is 0. The highest BCUT2D eigenvalue weighted by atomic mass is 16.5. The summed E-state index contributed by atoms with van der Waals surface area (Å²) in [6.07, 6.45) is 0.781. The first kappa shape index (κ1) is 23.4. The largest absolute Gasteiger partial charge is 0.426 e. The van der Waals surface area contributed by atoms with E-state index in [-0.39, 0.29) is 16.7 Å². The monoisotopic (exact) mass is 408 g/mol. The summed E-state index contributed by atoms with van der Waals surface area (Å²) in [5.41, 5.74) is 4.13. The van der Waals surface area contributed by atoms with Crippen molar-refractivity contribution in [3.05, 3.63) is 70.8 Å². The molecule has 0 heterocycles. The number of hydrogen-bond acceptors (Lipinski definition) is 4. The quantitative estimate of drug-likeness (QED) is 0.305. The second kappa shape index (κ2) is 9.29. The Hall–Kier alpha value is -2.88. The molecule has 0 aliphatic heterocycles. The molecular formula is C26H32O4. The lowest BCUT2D eigenvalue weighted by Crippen LogP contribution is -2.23. The predicted octanol–water partition coefficient (Wildman–Crippen LogP) is 6.33. The first-order chi connectivity index (χ1) is 13.9. The van der Waals surface area contributed by atoms with Crippen molar-refractivity contribution < 1.29 is 19.1 Å². The van der Waals surface area contributed by atoms with Gasteiger partial charge in [0, 0.05) is 12.5 Å². The average Bonchev–Trinajstić information content (AvgIpc) is 2.60. The van der Waals surface area contributed by atoms with Gasteiger partial charge in [0.2, 0.25) is 0 Å². The molecule has 0 atom stereocenters. The molecule has 4 heteroatoms. The number of aryl methyl sites for hydroxylation is 2. The van der Waals surface area contributed by atoms with E-state index in [4.69, 9.17) is 9.47 Å². The van der Waals surface area contributed by atoms with Crippen LogP contribution in [-0.2, 0) is 10.2 Å². The average molecular weight is 409 g/mol. The number of carbonyl (C=O) groups is 2. The summed E-state index contributed by atoms with van der Waals surface area (Å²) in [6.45, 7) is 18.1. The normalized spacial score (nSPS) is 11.3. The van der Waals surface area contributed by atoms with E-state index in [1.54, 1.807) is 24.3 Å². The van der Waals surface area contributed by atoms with Crippen molar-refractivity contribution >= 4 is 11.9 Å². The van der Waals surface area contributed by atoms with Crippen molar-refractivity contribution in [2.24, 2.45) is 5.92 Å². The van der Waals surface area contributed by atoms with Gasteiger partial charge in [-0.05, 0) is 60.9 Å². The fourth-order valence-electron chi connectivity index (χ4n) is 3.77. The Labute approximate surface area is 179 Å². The number of allylic oxidation sites excluding steroid dienone is 1. The number of rotatable bonds is 7. The maximum absolute atomic E-state index is 13.0. The van der Waals surface area contributed by atoms with Crippen LogP contribution in [0.1, 0.15) is 68.1 Å². The fraction of sp³-hybridized carbons (Fsp3) is 0.385. The summed E-state index contributed by atoms with van der Waals surface area (Å²) >= 11 is 0. The highest BCUT2D eigenvalue weighted by Gasteiger charge is 2.29. The molecule has 0 amide bonds. The Morgan fingerprint density at radius 1 is 1.03 bits per heavy atom. The summed E-state index contributed by atoms with van der Waals surface area (Å²) in [6, 6.07) is 10.6. The fourth-order valence-corrected chi connectivity index (χ4v) is 3.77. The minimum atomic E-state index is -0.559. The minimum absolute atomic E-state index is 0.188. The molecule has 0 aliphatic rings. The molecule has 30 heavy (non-hydrogen) atoms. The molecular weight excluding hydrogens is 376 g/mol. The minimum Gasteiger partial charge on any atom is -0.426 e. The lowest BCUT2D eigenvalue weighted by atomic mass is 9.75. The van der Waals surface area contributed by atoms with E-state index in [0.29, 0.717) is 11.7 Å². The number of ether oxygens (including phenoxy) is 2. The molecule has 0 aromatic heterocycles. The molecule has 4 nitrogen and oxygen atoms in total. The Kier molecular flexibility index (Phi) is 7.25. The molecule has 160 valence electrons. The second-order valence-electron chi connectivity index (χ2n) is 8.81. The molecule has 0 aliphatic carbocycles. The SMILES string of the molecule is C=C(CC(C)(C)c1c(C)cc(C)cc1OC(=O)c1ccccc1OC(C)=O)C(C)C. The van der Waals surface area contributed by atoms with Crippen LogP contribution in [0.3, 0.4) is 0 Å². The molecule has 0 N–H and O–H groups in total. The molecule has 0 unspecified atom stereocenters. The van der Waals surface area contributed by atoms with E-state index >= 15 is 0 Å². The first-order valence-corrected chi connectivity index (χ1v) is 10.2. The smallest absolute Gasteiger partial charge is 0.347 e. The number of para-hydroxylation sites is 1. The van der Waals surface area contributed by atoms with Gasteiger partial charge in [-0.1, -0.05) is 58.0 Å². The summed E-state index contributed by atoms with van der Waals surface area (Å²) in [5.74, 6) is 0.0361. The van der Waals surface area contributed by atoms with Gasteiger partial charge in [-0.3, -0.25) is 4.79 Å². The molecule has 0 saturated carbocycles. The van der Waals surface area contributed by atoms with Gasteiger partial charge in [0.25, 0.3) is 0 Å². The van der Waals surface area contributed by atoms with Gasteiger partial charge < -0.3 is 9.47 Å². The third-order valence-corrected chi connectivity index (χ3v) is 5.17. The molecule has 0 spiro atoms. The maximum Gasteiger partial charge on any atom is 0.347 e. The standard InChI is InChI=1S/C26H32O4/c1-16(2)19(5)15-26(7,8)24-18(4)13-17(3)14-23(24)30-25(28)21-11-9-10-12-22(21)29-20(6)27/h9-14,16H,5,15H2,1-4,6-8H3. The van der Waals surface area contributed by atoms with Crippen LogP contribution in [-0.4, -0.2) is 11.9 Å². The van der Waals surface area contributed by atoms with Crippen LogP contribution in [0.25, 0.3) is 0 Å². The van der Waals surface area contributed by atoms with Crippen LogP contribution < -0.4 is 9.47 Å². The Balaban J connectivity index is 2.47. The third-order valence-electron chi connectivity index (χ3n) is 5.17. The molecule has 0 radical (unpaired) electrons. The van der Waals surface area contributed by atoms with Crippen molar-refractivity contribution in [3.63, 3.8) is 0 Å². The zero-order valence-corrected chi connectivity index (χ0v) is 19.1. The third kappa shape index (κ3) is 5.59. The van der Waals surface area contributed by atoms with E-state index in [2.05, 4.69) is 40.3 Å². The van der Waals surface area contributed by atoms with Crippen molar-refractivity contribution in [1.29, 1.82) is 0 Å². The number of benzene rings is 2. The Morgan fingerprint density at radius 3 is 2.27 bits per heavy atom. The zero-order valence-electron chi connectivity index (χ0n) is 19.1. The number of esters is 2. The van der Waals surface area contributed by atoms with Gasteiger partial charge in [0.1, 0.15) is 17.1 Å². The Bertz CT molecular complexity index is 967. The van der Waals surface area contributed by atoms with E-state index in [1.807, 2.05) is 19.9 Å². The van der Waals surface area contributed by atoms with Gasteiger partial charge in [0.15, 0.2) is 0 Å². The molecule has 2 aromatic carbocycles. The molecule has 0 saturated heterocycles. The van der Waals surface area contributed by atoms with E-state index in [1.165, 1.54) is 6.92 Å². The lowest BCUT2D eigenvalue weighted by molar-refractivity contribution is -0.131. The Morgan fingerprint density at radius 2 is 1.67 bits per heavy atom. The highest BCUT2D eigenvalue weighted by Crippen LogP contribution is 2.40. The molecule has 0 fully saturated rings. The van der Waals surface area contributed by atoms with Gasteiger partial charge in [-0.2, -0.15) is 0 Å². The zero-order chi connectivity index (χ0) is 22.6. The van der Waals surface area contributed by atoms with Gasteiger partial charge in [-0.25, -0.2) is 4.79 Å².